The van der Waals surface area contributed by atoms with Crippen molar-refractivity contribution in [1.29, 1.82) is 0 Å². The Kier molecular flexibility index (Phi) is 4.50. The van der Waals surface area contributed by atoms with Crippen LogP contribution < -0.4 is 0 Å². The molecule has 0 bridgehead atoms. The molecule has 0 radical (unpaired) electrons. The number of hydrogen-bond acceptors (Lipinski definition) is 4. The molecule has 0 saturated carbocycles. The zero-order valence-electron chi connectivity index (χ0n) is 13.6. The van der Waals surface area contributed by atoms with Crippen LogP contribution in [0.1, 0.15) is 46.4 Å². The Hall–Kier alpha value is -1.72. The molecule has 5 heteroatoms. The van der Waals surface area contributed by atoms with E-state index in [1.54, 1.807) is 4.90 Å². The van der Waals surface area contributed by atoms with E-state index in [0.717, 1.165) is 29.0 Å². The van der Waals surface area contributed by atoms with Crippen molar-refractivity contribution < 1.29 is 9.90 Å². The number of aromatic nitrogens is 1. The number of nitrogens with zero attached hydrogens (tertiary/aromatic N) is 2. The Morgan fingerprint density at radius 1 is 1.43 bits per heavy atom. The molecule has 4 nitrogen and oxygen atoms in total. The van der Waals surface area contributed by atoms with E-state index in [1.165, 1.54) is 11.3 Å². The average Bonchev–Trinajstić information content (AvgIpc) is 3.15. The number of rotatable bonds is 4. The molecular formula is C18H22N2O2S. The highest BCUT2D eigenvalue weighted by atomic mass is 32.1. The highest BCUT2D eigenvalue weighted by Crippen LogP contribution is 2.34. The molecular weight excluding hydrogens is 308 g/mol. The zero-order chi connectivity index (χ0) is 16.4. The first kappa shape index (κ1) is 16.1. The third-order valence-corrected chi connectivity index (χ3v) is 5.32. The van der Waals surface area contributed by atoms with Gasteiger partial charge in [-0.05, 0) is 37.3 Å². The van der Waals surface area contributed by atoms with Crippen LogP contribution in [-0.2, 0) is 12.0 Å². The van der Waals surface area contributed by atoms with Gasteiger partial charge in [0.2, 0.25) is 0 Å². The van der Waals surface area contributed by atoms with Crippen molar-refractivity contribution in [2.24, 2.45) is 0 Å². The summed E-state index contributed by atoms with van der Waals surface area (Å²) in [4.78, 5) is 18.8. The molecule has 1 fully saturated rings. The number of likely N-dealkylation sites (tertiary alicyclic amines) is 1. The molecule has 1 aliphatic rings. The number of β-amino-alcohol motifs (C(OH)–C–C–N with tert-alkyl or cyclic N) is 1. The average molecular weight is 330 g/mol. The SMILES string of the molecule is CCCc1nc(C(=O)N2CCC(O)(c3ccccc3C)C2)cs1. The Bertz CT molecular complexity index is 713. The van der Waals surface area contributed by atoms with Crippen molar-refractivity contribution in [2.75, 3.05) is 13.1 Å². The number of aliphatic hydroxyl groups is 1. The van der Waals surface area contributed by atoms with Crippen molar-refractivity contribution in [1.82, 2.24) is 9.88 Å². The van der Waals surface area contributed by atoms with E-state index in [1.807, 2.05) is 36.6 Å². The van der Waals surface area contributed by atoms with E-state index >= 15 is 0 Å². The molecule has 1 saturated heterocycles. The molecule has 1 aromatic heterocycles. The van der Waals surface area contributed by atoms with Gasteiger partial charge in [-0.15, -0.1) is 11.3 Å². The maximum atomic E-state index is 12.6. The van der Waals surface area contributed by atoms with Crippen molar-refractivity contribution in [3.8, 4) is 0 Å². The number of thiazole rings is 1. The third kappa shape index (κ3) is 3.16. The molecule has 1 aromatic carbocycles. The summed E-state index contributed by atoms with van der Waals surface area (Å²) in [5.41, 5.74) is 1.53. The molecule has 1 N–H and O–H groups in total. The van der Waals surface area contributed by atoms with Gasteiger partial charge in [-0.25, -0.2) is 4.98 Å². The number of carbonyl (C=O) groups is 1. The first-order chi connectivity index (χ1) is 11.0. The minimum atomic E-state index is -0.955. The first-order valence-corrected chi connectivity index (χ1v) is 8.93. The number of benzene rings is 1. The molecule has 2 heterocycles. The van der Waals surface area contributed by atoms with Crippen LogP contribution in [0.5, 0.6) is 0 Å². The lowest BCUT2D eigenvalue weighted by Crippen LogP contribution is -2.35. The van der Waals surface area contributed by atoms with Crippen LogP contribution >= 0.6 is 11.3 Å². The Morgan fingerprint density at radius 2 is 2.22 bits per heavy atom. The summed E-state index contributed by atoms with van der Waals surface area (Å²) < 4.78 is 0. The van der Waals surface area contributed by atoms with Gasteiger partial charge in [-0.2, -0.15) is 0 Å². The summed E-state index contributed by atoms with van der Waals surface area (Å²) in [6.07, 6.45) is 2.50. The van der Waals surface area contributed by atoms with Crippen molar-refractivity contribution in [3.05, 3.63) is 51.5 Å². The maximum absolute atomic E-state index is 12.6. The molecule has 1 atom stereocenters. The molecule has 0 aliphatic carbocycles. The van der Waals surface area contributed by atoms with Crippen molar-refractivity contribution >= 4 is 17.2 Å². The maximum Gasteiger partial charge on any atom is 0.273 e. The molecule has 23 heavy (non-hydrogen) atoms. The van der Waals surface area contributed by atoms with Gasteiger partial charge in [0.1, 0.15) is 11.3 Å². The molecule has 1 aliphatic heterocycles. The fourth-order valence-electron chi connectivity index (χ4n) is 3.18. The van der Waals surface area contributed by atoms with Gasteiger partial charge in [-0.3, -0.25) is 4.79 Å². The highest BCUT2D eigenvalue weighted by molar-refractivity contribution is 7.09. The van der Waals surface area contributed by atoms with Gasteiger partial charge in [-0.1, -0.05) is 31.2 Å². The van der Waals surface area contributed by atoms with Gasteiger partial charge in [0.25, 0.3) is 5.91 Å². The van der Waals surface area contributed by atoms with Crippen LogP contribution in [0.25, 0.3) is 0 Å². The van der Waals surface area contributed by atoms with E-state index in [4.69, 9.17) is 0 Å². The van der Waals surface area contributed by atoms with Gasteiger partial charge in [0.05, 0.1) is 11.6 Å². The lowest BCUT2D eigenvalue weighted by Gasteiger charge is -2.25. The smallest absolute Gasteiger partial charge is 0.273 e. The summed E-state index contributed by atoms with van der Waals surface area (Å²) in [7, 11) is 0. The molecule has 0 spiro atoms. The predicted octanol–water partition coefficient (Wildman–Crippen LogP) is 3.14. The monoisotopic (exact) mass is 330 g/mol. The second-order valence-electron chi connectivity index (χ2n) is 6.20. The molecule has 2 aromatic rings. The van der Waals surface area contributed by atoms with Gasteiger partial charge in [0.15, 0.2) is 0 Å². The van der Waals surface area contributed by atoms with E-state index in [9.17, 15) is 9.90 Å². The van der Waals surface area contributed by atoms with Crippen molar-refractivity contribution in [2.45, 2.75) is 38.7 Å². The number of carbonyl (C=O) groups excluding carboxylic acids is 1. The van der Waals surface area contributed by atoms with Crippen molar-refractivity contribution in [3.63, 3.8) is 0 Å². The number of amides is 1. The quantitative estimate of drug-likeness (QED) is 0.937. The largest absolute Gasteiger partial charge is 0.383 e. The predicted molar refractivity (Wildman–Crippen MR) is 91.7 cm³/mol. The fourth-order valence-corrected chi connectivity index (χ4v) is 4.06. The first-order valence-electron chi connectivity index (χ1n) is 8.05. The second kappa shape index (κ2) is 6.42. The van der Waals surface area contributed by atoms with Gasteiger partial charge < -0.3 is 10.0 Å². The minimum absolute atomic E-state index is 0.0758. The van der Waals surface area contributed by atoms with Crippen LogP contribution in [0, 0.1) is 6.92 Å². The van der Waals surface area contributed by atoms with E-state index in [0.29, 0.717) is 25.2 Å². The standard InChI is InChI=1S/C18H22N2O2S/c1-3-6-16-19-15(11-23-16)17(21)20-10-9-18(22,12-20)14-8-5-4-7-13(14)2/h4-5,7-8,11,22H,3,6,9-10,12H2,1-2H3. The second-order valence-corrected chi connectivity index (χ2v) is 7.14. The van der Waals surface area contributed by atoms with E-state index < -0.39 is 5.60 Å². The van der Waals surface area contributed by atoms with Crippen LogP contribution in [-0.4, -0.2) is 34.0 Å². The summed E-state index contributed by atoms with van der Waals surface area (Å²) in [5.74, 6) is -0.0758. The van der Waals surface area contributed by atoms with Gasteiger partial charge >= 0.3 is 0 Å². The number of aryl methyl sites for hydroxylation is 2. The lowest BCUT2D eigenvalue weighted by atomic mass is 9.89. The Labute approximate surface area is 140 Å². The molecule has 3 rings (SSSR count). The zero-order valence-corrected chi connectivity index (χ0v) is 14.4. The lowest BCUT2D eigenvalue weighted by molar-refractivity contribution is 0.0411. The van der Waals surface area contributed by atoms with Gasteiger partial charge in [0, 0.05) is 11.9 Å². The Balaban J connectivity index is 1.76. The summed E-state index contributed by atoms with van der Waals surface area (Å²) >= 11 is 1.54. The van der Waals surface area contributed by atoms with Crippen LogP contribution in [0.15, 0.2) is 29.6 Å². The minimum Gasteiger partial charge on any atom is -0.383 e. The summed E-state index contributed by atoms with van der Waals surface area (Å²) in [6.45, 7) is 4.99. The van der Waals surface area contributed by atoms with E-state index in [-0.39, 0.29) is 5.91 Å². The normalized spacial score (nSPS) is 20.9. The third-order valence-electron chi connectivity index (χ3n) is 4.42. The van der Waals surface area contributed by atoms with Crippen LogP contribution in [0.3, 0.4) is 0 Å². The topological polar surface area (TPSA) is 53.4 Å². The molecule has 1 amide bonds. The van der Waals surface area contributed by atoms with E-state index in [2.05, 4.69) is 11.9 Å². The van der Waals surface area contributed by atoms with Crippen LogP contribution in [0.2, 0.25) is 0 Å². The number of hydrogen-bond donors (Lipinski definition) is 1. The molecule has 122 valence electrons. The van der Waals surface area contributed by atoms with Crippen LogP contribution in [0.4, 0.5) is 0 Å². The Morgan fingerprint density at radius 3 is 2.96 bits per heavy atom. The summed E-state index contributed by atoms with van der Waals surface area (Å²) in [6, 6.07) is 7.84. The fraction of sp³-hybridized carbons (Fsp3) is 0.444. The summed E-state index contributed by atoms with van der Waals surface area (Å²) in [5, 5.41) is 13.8. The highest BCUT2D eigenvalue weighted by Gasteiger charge is 2.40. The molecule has 1 unspecified atom stereocenters.